The number of amides is 2. The van der Waals surface area contributed by atoms with Gasteiger partial charge in [0.05, 0.1) is 30.9 Å². The maximum atomic E-state index is 12.8. The van der Waals surface area contributed by atoms with Gasteiger partial charge >= 0.3 is 0 Å². The van der Waals surface area contributed by atoms with Crippen molar-refractivity contribution < 1.29 is 14.3 Å². The van der Waals surface area contributed by atoms with Gasteiger partial charge in [-0.15, -0.1) is 0 Å². The fourth-order valence-corrected chi connectivity index (χ4v) is 3.54. The Bertz CT molecular complexity index is 1060. The number of benzene rings is 3. The Morgan fingerprint density at radius 3 is 2.25 bits per heavy atom. The molecule has 164 valence electrons. The first kappa shape index (κ1) is 21.6. The van der Waals surface area contributed by atoms with E-state index in [-0.39, 0.29) is 30.4 Å². The number of hydrogen-bond donors (Lipinski definition) is 3. The lowest BCUT2D eigenvalue weighted by Gasteiger charge is -2.20. The highest BCUT2D eigenvalue weighted by atomic mass is 16.5. The summed E-state index contributed by atoms with van der Waals surface area (Å²) >= 11 is 0. The zero-order chi connectivity index (χ0) is 22.3. The van der Waals surface area contributed by atoms with Crippen molar-refractivity contribution in [3.8, 4) is 5.75 Å². The van der Waals surface area contributed by atoms with Gasteiger partial charge in [-0.05, 0) is 48.2 Å². The van der Waals surface area contributed by atoms with Gasteiger partial charge in [-0.25, -0.2) is 0 Å². The minimum atomic E-state index is -0.217. The van der Waals surface area contributed by atoms with E-state index in [0.29, 0.717) is 11.3 Å². The van der Waals surface area contributed by atoms with Crippen LogP contribution in [0.2, 0.25) is 0 Å². The minimum Gasteiger partial charge on any atom is -0.497 e. The summed E-state index contributed by atoms with van der Waals surface area (Å²) in [6, 6.07) is 24.9. The second-order valence-corrected chi connectivity index (χ2v) is 7.84. The highest BCUT2D eigenvalue weighted by Gasteiger charge is 2.25. The van der Waals surface area contributed by atoms with Gasteiger partial charge in [0.1, 0.15) is 5.75 Å². The van der Waals surface area contributed by atoms with Gasteiger partial charge in [-0.3, -0.25) is 14.9 Å². The van der Waals surface area contributed by atoms with Crippen LogP contribution >= 0.6 is 0 Å². The molecule has 2 amide bonds. The SMILES string of the molecule is COc1ccc([C@H](NCC(=O)Nc2ccccc2C(=O)NC2CC2)c2ccccc2)cc1. The molecule has 0 radical (unpaired) electrons. The number of anilines is 1. The zero-order valence-electron chi connectivity index (χ0n) is 18.0. The van der Waals surface area contributed by atoms with Crippen LogP contribution in [0.3, 0.4) is 0 Å². The summed E-state index contributed by atoms with van der Waals surface area (Å²) < 4.78 is 5.26. The summed E-state index contributed by atoms with van der Waals surface area (Å²) in [6.45, 7) is 0.0875. The molecule has 0 bridgehead atoms. The third-order valence-corrected chi connectivity index (χ3v) is 5.41. The van der Waals surface area contributed by atoms with Crippen LogP contribution < -0.4 is 20.7 Å². The van der Waals surface area contributed by atoms with E-state index in [2.05, 4.69) is 16.0 Å². The van der Waals surface area contributed by atoms with Gasteiger partial charge in [0, 0.05) is 6.04 Å². The number of para-hydroxylation sites is 1. The lowest BCUT2D eigenvalue weighted by Crippen LogP contribution is -2.33. The smallest absolute Gasteiger partial charge is 0.253 e. The Morgan fingerprint density at radius 1 is 0.906 bits per heavy atom. The highest BCUT2D eigenvalue weighted by Crippen LogP contribution is 2.24. The first-order valence-electron chi connectivity index (χ1n) is 10.8. The van der Waals surface area contributed by atoms with Crippen molar-refractivity contribution in [1.82, 2.24) is 10.6 Å². The van der Waals surface area contributed by atoms with Crippen LogP contribution in [0, 0.1) is 0 Å². The Labute approximate surface area is 188 Å². The number of ether oxygens (including phenoxy) is 1. The Hall–Kier alpha value is -3.64. The third-order valence-electron chi connectivity index (χ3n) is 5.41. The highest BCUT2D eigenvalue weighted by molar-refractivity contribution is 6.04. The molecule has 6 heteroatoms. The van der Waals surface area contributed by atoms with E-state index in [1.165, 1.54) is 0 Å². The molecule has 3 aromatic carbocycles. The van der Waals surface area contributed by atoms with Gasteiger partial charge < -0.3 is 15.4 Å². The van der Waals surface area contributed by atoms with Gasteiger partial charge in [-0.1, -0.05) is 54.6 Å². The molecule has 6 nitrogen and oxygen atoms in total. The van der Waals surface area contributed by atoms with Crippen molar-refractivity contribution >= 4 is 17.5 Å². The van der Waals surface area contributed by atoms with Crippen LogP contribution in [0.5, 0.6) is 5.75 Å². The predicted octanol–water partition coefficient (Wildman–Crippen LogP) is 3.91. The van der Waals surface area contributed by atoms with Crippen LogP contribution in [-0.2, 0) is 4.79 Å². The molecule has 32 heavy (non-hydrogen) atoms. The quantitative estimate of drug-likeness (QED) is 0.482. The van der Waals surface area contributed by atoms with Crippen molar-refractivity contribution in [2.24, 2.45) is 0 Å². The summed E-state index contributed by atoms with van der Waals surface area (Å²) in [4.78, 5) is 25.3. The van der Waals surface area contributed by atoms with Crippen molar-refractivity contribution in [2.45, 2.75) is 24.9 Å². The zero-order valence-corrected chi connectivity index (χ0v) is 18.0. The van der Waals surface area contributed by atoms with Crippen molar-refractivity contribution in [3.05, 3.63) is 95.6 Å². The molecule has 1 aliphatic rings. The molecule has 1 atom stereocenters. The van der Waals surface area contributed by atoms with E-state index in [1.807, 2.05) is 54.6 Å². The van der Waals surface area contributed by atoms with E-state index in [9.17, 15) is 9.59 Å². The maximum absolute atomic E-state index is 12.8. The molecular formula is C26H27N3O3. The fraction of sp³-hybridized carbons (Fsp3) is 0.231. The third kappa shape index (κ3) is 5.53. The standard InChI is InChI=1S/C26H27N3O3/c1-32-21-15-11-19(12-16-21)25(18-7-3-2-4-8-18)27-17-24(30)29-23-10-6-5-9-22(23)26(31)28-20-13-14-20/h2-12,15-16,20,25,27H,13-14,17H2,1H3,(H,28,31)(H,29,30)/t25-/m1/s1. The summed E-state index contributed by atoms with van der Waals surface area (Å²) in [5, 5.41) is 9.20. The van der Waals surface area contributed by atoms with Crippen molar-refractivity contribution in [1.29, 1.82) is 0 Å². The molecular weight excluding hydrogens is 402 g/mol. The topological polar surface area (TPSA) is 79.5 Å². The molecule has 0 aliphatic heterocycles. The van der Waals surface area contributed by atoms with E-state index >= 15 is 0 Å². The average molecular weight is 430 g/mol. The molecule has 3 aromatic rings. The van der Waals surface area contributed by atoms with Crippen LogP contribution in [0.15, 0.2) is 78.9 Å². The molecule has 1 aliphatic carbocycles. The number of hydrogen-bond acceptors (Lipinski definition) is 4. The predicted molar refractivity (Wildman–Crippen MR) is 125 cm³/mol. The number of rotatable bonds is 9. The number of carbonyl (C=O) groups is 2. The largest absolute Gasteiger partial charge is 0.497 e. The van der Waals surface area contributed by atoms with Crippen LogP contribution in [0.4, 0.5) is 5.69 Å². The van der Waals surface area contributed by atoms with Gasteiger partial charge in [0.2, 0.25) is 5.91 Å². The summed E-state index contributed by atoms with van der Waals surface area (Å²) in [5.74, 6) is 0.405. The average Bonchev–Trinajstić information content (AvgIpc) is 3.64. The van der Waals surface area contributed by atoms with Gasteiger partial charge in [0.25, 0.3) is 5.91 Å². The summed E-state index contributed by atoms with van der Waals surface area (Å²) in [7, 11) is 1.63. The van der Waals surface area contributed by atoms with Crippen LogP contribution in [0.25, 0.3) is 0 Å². The summed E-state index contributed by atoms with van der Waals surface area (Å²) in [6.07, 6.45) is 2.02. The number of carbonyl (C=O) groups excluding carboxylic acids is 2. The van der Waals surface area contributed by atoms with E-state index < -0.39 is 0 Å². The van der Waals surface area contributed by atoms with Gasteiger partial charge in [0.15, 0.2) is 0 Å². The van der Waals surface area contributed by atoms with Gasteiger partial charge in [-0.2, -0.15) is 0 Å². The van der Waals surface area contributed by atoms with E-state index in [0.717, 1.165) is 29.7 Å². The number of methoxy groups -OCH3 is 1. The second-order valence-electron chi connectivity index (χ2n) is 7.84. The van der Waals surface area contributed by atoms with E-state index in [4.69, 9.17) is 4.74 Å². The molecule has 0 heterocycles. The molecule has 1 fully saturated rings. The molecule has 0 unspecified atom stereocenters. The molecule has 0 spiro atoms. The first-order valence-corrected chi connectivity index (χ1v) is 10.8. The van der Waals surface area contributed by atoms with Crippen molar-refractivity contribution in [3.63, 3.8) is 0 Å². The summed E-state index contributed by atoms with van der Waals surface area (Å²) in [5.41, 5.74) is 3.06. The molecule has 0 aromatic heterocycles. The Morgan fingerprint density at radius 2 is 1.56 bits per heavy atom. The van der Waals surface area contributed by atoms with E-state index in [1.54, 1.807) is 31.4 Å². The second kappa shape index (κ2) is 10.1. The number of nitrogens with one attached hydrogen (secondary N) is 3. The van der Waals surface area contributed by atoms with Crippen LogP contribution in [0.1, 0.15) is 40.4 Å². The lowest BCUT2D eigenvalue weighted by molar-refractivity contribution is -0.115. The molecule has 1 saturated carbocycles. The lowest BCUT2D eigenvalue weighted by atomic mass is 9.98. The first-order chi connectivity index (χ1) is 15.6. The molecule has 3 N–H and O–H groups in total. The Kier molecular flexibility index (Phi) is 6.82. The maximum Gasteiger partial charge on any atom is 0.253 e. The minimum absolute atomic E-state index is 0.0875. The molecule has 0 saturated heterocycles. The normalized spacial score (nSPS) is 13.8. The monoisotopic (exact) mass is 429 g/mol. The molecule has 4 rings (SSSR count). The fourth-order valence-electron chi connectivity index (χ4n) is 3.54. The van der Waals surface area contributed by atoms with Crippen LogP contribution in [-0.4, -0.2) is 31.5 Å². The Balaban J connectivity index is 1.45. The van der Waals surface area contributed by atoms with Crippen molar-refractivity contribution in [2.75, 3.05) is 19.0 Å².